The van der Waals surface area contributed by atoms with E-state index in [9.17, 15) is 9.59 Å². The van der Waals surface area contributed by atoms with E-state index in [0.717, 1.165) is 35.3 Å². The minimum Gasteiger partial charge on any atom is -0.465 e. The molecule has 1 N–H and O–H groups in total. The number of ether oxygens (including phenoxy) is 1. The predicted molar refractivity (Wildman–Crippen MR) is 123 cm³/mol. The lowest BCUT2D eigenvalue weighted by Gasteiger charge is -2.09. The Kier molecular flexibility index (Phi) is 6.60. The van der Waals surface area contributed by atoms with E-state index >= 15 is 0 Å². The number of aromatic nitrogens is 2. The average Bonchev–Trinajstić information content (AvgIpc) is 3.34. The van der Waals surface area contributed by atoms with Crippen LogP contribution in [0.25, 0.3) is 0 Å². The van der Waals surface area contributed by atoms with E-state index in [4.69, 9.17) is 16.3 Å². The van der Waals surface area contributed by atoms with Crippen LogP contribution in [0.15, 0.2) is 35.6 Å². The first-order valence-electron chi connectivity index (χ1n) is 9.71. The fourth-order valence-corrected chi connectivity index (χ4v) is 5.61. The van der Waals surface area contributed by atoms with Crippen molar-refractivity contribution in [2.75, 3.05) is 12.4 Å². The van der Waals surface area contributed by atoms with Gasteiger partial charge in [0.15, 0.2) is 10.9 Å². The van der Waals surface area contributed by atoms with Crippen LogP contribution in [0.3, 0.4) is 0 Å². The molecule has 0 aliphatic heterocycles. The Morgan fingerprint density at radius 3 is 2.77 bits per heavy atom. The number of hydrogen-bond acceptors (Lipinski definition) is 7. The average molecular weight is 474 g/mol. The molecular formula is C22H20ClN3O3S2. The van der Waals surface area contributed by atoms with E-state index in [0.29, 0.717) is 21.5 Å². The molecule has 0 fully saturated rings. The van der Waals surface area contributed by atoms with Gasteiger partial charge in [-0.25, -0.2) is 14.8 Å². The molecule has 6 nitrogen and oxygen atoms in total. The number of carbonyl (C=O) groups is 2. The number of methoxy groups -OCH3 is 1. The van der Waals surface area contributed by atoms with Crippen LogP contribution in [0.5, 0.6) is 0 Å². The maximum absolute atomic E-state index is 12.9. The Balaban J connectivity index is 1.53. The van der Waals surface area contributed by atoms with Gasteiger partial charge in [0.05, 0.1) is 23.9 Å². The summed E-state index contributed by atoms with van der Waals surface area (Å²) in [5.74, 6) is -0.250. The zero-order valence-corrected chi connectivity index (χ0v) is 19.4. The summed E-state index contributed by atoms with van der Waals surface area (Å²) in [6, 6.07) is 8.20. The maximum Gasteiger partial charge on any atom is 0.341 e. The standard InChI is InChI=1S/C22H20ClN3O3S2/c1-12-6-8-13(9-7-12)11-30-22-24-10-15(23)18(25-22)19(27)26-20-17(21(28)29-2)14-4-3-5-16(14)31-20/h6-10H,3-5,11H2,1-2H3,(H,26,27). The van der Waals surface area contributed by atoms with Crippen molar-refractivity contribution in [3.05, 3.63) is 68.3 Å². The lowest BCUT2D eigenvalue weighted by Crippen LogP contribution is -2.17. The first-order valence-corrected chi connectivity index (χ1v) is 11.9. The monoisotopic (exact) mass is 473 g/mol. The third-order valence-electron chi connectivity index (χ3n) is 4.96. The number of amides is 1. The van der Waals surface area contributed by atoms with Crippen LogP contribution in [-0.2, 0) is 23.3 Å². The van der Waals surface area contributed by atoms with Crippen molar-refractivity contribution < 1.29 is 14.3 Å². The molecule has 1 aliphatic carbocycles. The number of nitrogens with zero attached hydrogens (tertiary/aromatic N) is 2. The highest BCUT2D eigenvalue weighted by Crippen LogP contribution is 2.39. The lowest BCUT2D eigenvalue weighted by molar-refractivity contribution is 0.0601. The van der Waals surface area contributed by atoms with E-state index in [1.54, 1.807) is 0 Å². The molecule has 31 heavy (non-hydrogen) atoms. The minimum absolute atomic E-state index is 0.0763. The second kappa shape index (κ2) is 9.38. The Hall–Kier alpha value is -2.42. The van der Waals surface area contributed by atoms with Crippen LogP contribution >= 0.6 is 34.7 Å². The number of nitrogens with one attached hydrogen (secondary N) is 1. The molecule has 0 unspecified atom stereocenters. The number of halogens is 1. The van der Waals surface area contributed by atoms with Crippen molar-refractivity contribution in [1.29, 1.82) is 0 Å². The van der Waals surface area contributed by atoms with Gasteiger partial charge in [-0.1, -0.05) is 53.2 Å². The van der Waals surface area contributed by atoms with E-state index in [2.05, 4.69) is 39.6 Å². The third kappa shape index (κ3) is 4.76. The molecule has 0 atom stereocenters. The number of aryl methyl sites for hydroxylation is 2. The summed E-state index contributed by atoms with van der Waals surface area (Å²) in [7, 11) is 1.34. The molecular weight excluding hydrogens is 454 g/mol. The quantitative estimate of drug-likeness (QED) is 0.296. The van der Waals surface area contributed by atoms with Gasteiger partial charge in [0.25, 0.3) is 5.91 Å². The lowest BCUT2D eigenvalue weighted by atomic mass is 10.1. The molecule has 160 valence electrons. The van der Waals surface area contributed by atoms with Crippen molar-refractivity contribution in [2.45, 2.75) is 37.1 Å². The summed E-state index contributed by atoms with van der Waals surface area (Å²) < 4.78 is 4.93. The van der Waals surface area contributed by atoms with Crippen LogP contribution in [0.1, 0.15) is 48.8 Å². The van der Waals surface area contributed by atoms with Crippen LogP contribution < -0.4 is 5.32 Å². The van der Waals surface area contributed by atoms with Crippen LogP contribution in [0.4, 0.5) is 5.00 Å². The highest BCUT2D eigenvalue weighted by molar-refractivity contribution is 7.98. The first-order chi connectivity index (χ1) is 15.0. The van der Waals surface area contributed by atoms with Gasteiger partial charge in [-0.05, 0) is 37.3 Å². The highest BCUT2D eigenvalue weighted by Gasteiger charge is 2.28. The molecule has 2 aromatic heterocycles. The number of rotatable bonds is 6. The number of carbonyl (C=O) groups excluding carboxylic acids is 2. The summed E-state index contributed by atoms with van der Waals surface area (Å²) in [5.41, 5.74) is 3.81. The molecule has 1 aliphatic rings. The molecule has 1 amide bonds. The fourth-order valence-electron chi connectivity index (χ4n) is 3.38. The number of anilines is 1. The van der Waals surface area contributed by atoms with Crippen LogP contribution in [0.2, 0.25) is 5.02 Å². The predicted octanol–water partition coefficient (Wildman–Crippen LogP) is 5.32. The molecule has 0 radical (unpaired) electrons. The van der Waals surface area contributed by atoms with Crippen molar-refractivity contribution in [3.8, 4) is 0 Å². The van der Waals surface area contributed by atoms with E-state index in [-0.39, 0.29) is 10.7 Å². The molecule has 4 rings (SSSR count). The summed E-state index contributed by atoms with van der Waals surface area (Å²) in [4.78, 5) is 35.0. The van der Waals surface area contributed by atoms with Gasteiger partial charge in [-0.15, -0.1) is 11.3 Å². The molecule has 1 aromatic carbocycles. The fraction of sp³-hybridized carbons (Fsp3) is 0.273. The van der Waals surface area contributed by atoms with Gasteiger partial charge < -0.3 is 10.1 Å². The van der Waals surface area contributed by atoms with Crippen LogP contribution in [0, 0.1) is 6.92 Å². The van der Waals surface area contributed by atoms with Gasteiger partial charge in [-0.2, -0.15) is 0 Å². The Bertz CT molecular complexity index is 1150. The molecule has 0 spiro atoms. The number of benzene rings is 1. The summed E-state index contributed by atoms with van der Waals surface area (Å²) in [6.07, 6.45) is 4.13. The molecule has 0 bridgehead atoms. The number of thioether (sulfide) groups is 1. The number of fused-ring (bicyclic) bond motifs is 1. The van der Waals surface area contributed by atoms with Crippen LogP contribution in [-0.4, -0.2) is 29.0 Å². The Morgan fingerprint density at radius 2 is 2.03 bits per heavy atom. The molecule has 9 heteroatoms. The van der Waals surface area contributed by atoms with Crippen molar-refractivity contribution in [2.24, 2.45) is 0 Å². The zero-order valence-electron chi connectivity index (χ0n) is 17.0. The summed E-state index contributed by atoms with van der Waals surface area (Å²) >= 11 is 9.05. The van der Waals surface area contributed by atoms with Gasteiger partial charge in [-0.3, -0.25) is 4.79 Å². The van der Waals surface area contributed by atoms with E-state index in [1.807, 2.05) is 6.92 Å². The smallest absolute Gasteiger partial charge is 0.341 e. The molecule has 3 aromatic rings. The first kappa shape index (κ1) is 21.8. The van der Waals surface area contributed by atoms with Gasteiger partial charge in [0.2, 0.25) is 0 Å². The van der Waals surface area contributed by atoms with Crippen molar-refractivity contribution >= 4 is 51.6 Å². The minimum atomic E-state index is -0.477. The Labute approximate surface area is 193 Å². The highest BCUT2D eigenvalue weighted by atomic mass is 35.5. The van der Waals surface area contributed by atoms with Gasteiger partial charge >= 0.3 is 5.97 Å². The molecule has 0 saturated heterocycles. The molecule has 2 heterocycles. The normalized spacial score (nSPS) is 12.5. The van der Waals surface area contributed by atoms with Gasteiger partial charge in [0.1, 0.15) is 5.00 Å². The third-order valence-corrected chi connectivity index (χ3v) is 7.38. The SMILES string of the molecule is COC(=O)c1c(NC(=O)c2nc(SCc3ccc(C)cc3)ncc2Cl)sc2c1CCC2. The van der Waals surface area contributed by atoms with Crippen molar-refractivity contribution in [1.82, 2.24) is 9.97 Å². The topological polar surface area (TPSA) is 81.2 Å². The van der Waals surface area contributed by atoms with Crippen molar-refractivity contribution in [3.63, 3.8) is 0 Å². The largest absolute Gasteiger partial charge is 0.465 e. The Morgan fingerprint density at radius 1 is 1.26 bits per heavy atom. The van der Waals surface area contributed by atoms with E-state index < -0.39 is 11.9 Å². The molecule has 0 saturated carbocycles. The second-order valence-electron chi connectivity index (χ2n) is 7.13. The van der Waals surface area contributed by atoms with Gasteiger partial charge in [0, 0.05) is 10.6 Å². The summed E-state index contributed by atoms with van der Waals surface area (Å²) in [6.45, 7) is 2.04. The number of hydrogen-bond donors (Lipinski definition) is 1. The number of esters is 1. The maximum atomic E-state index is 12.9. The zero-order chi connectivity index (χ0) is 22.0. The summed E-state index contributed by atoms with van der Waals surface area (Å²) in [5, 5.41) is 3.90. The number of thiophene rings is 1. The second-order valence-corrected chi connectivity index (χ2v) is 9.59. The van der Waals surface area contributed by atoms with E-state index in [1.165, 1.54) is 42.0 Å².